The van der Waals surface area contributed by atoms with E-state index in [1.54, 1.807) is 19.4 Å². The van der Waals surface area contributed by atoms with Crippen molar-refractivity contribution < 1.29 is 18.9 Å². The van der Waals surface area contributed by atoms with Crippen LogP contribution < -0.4 is 24.5 Å². The maximum absolute atomic E-state index is 13.8. The molecule has 0 unspecified atom stereocenters. The van der Waals surface area contributed by atoms with Crippen LogP contribution >= 0.6 is 31.9 Å². The van der Waals surface area contributed by atoms with Crippen LogP contribution in [0.15, 0.2) is 85.6 Å². The summed E-state index contributed by atoms with van der Waals surface area (Å²) in [4.78, 5) is 18.7. The summed E-state index contributed by atoms with van der Waals surface area (Å²) in [6.07, 6.45) is 1.64. The lowest BCUT2D eigenvalue weighted by Crippen LogP contribution is -2.20. The minimum atomic E-state index is -0.259. The van der Waals surface area contributed by atoms with Crippen molar-refractivity contribution in [3.8, 4) is 34.4 Å². The van der Waals surface area contributed by atoms with Crippen LogP contribution in [0.3, 0.4) is 0 Å². The number of hydrogen-bond donors (Lipinski definition) is 0. The minimum absolute atomic E-state index is 0.203. The number of aryl methyl sites for hydroxylation is 1. The van der Waals surface area contributed by atoms with Gasteiger partial charge in [0.05, 0.1) is 33.2 Å². The van der Waals surface area contributed by atoms with Gasteiger partial charge in [0.1, 0.15) is 18.1 Å². The monoisotopic (exact) mass is 717 g/mol. The second-order valence-corrected chi connectivity index (χ2v) is 12.4. The van der Waals surface area contributed by atoms with E-state index in [2.05, 4.69) is 50.8 Å². The Balaban J connectivity index is 1.36. The quantitative estimate of drug-likeness (QED) is 0.150. The van der Waals surface area contributed by atoms with E-state index in [-0.39, 0.29) is 18.3 Å². The van der Waals surface area contributed by atoms with Gasteiger partial charge in [0.2, 0.25) is 6.79 Å². The maximum atomic E-state index is 13.8. The summed E-state index contributed by atoms with van der Waals surface area (Å²) in [5.41, 5.74) is 4.80. The highest BCUT2D eigenvalue weighted by atomic mass is 79.9. The number of halogens is 2. The van der Waals surface area contributed by atoms with E-state index in [1.165, 1.54) is 4.68 Å². The van der Waals surface area contributed by atoms with Crippen molar-refractivity contribution in [2.45, 2.75) is 33.3 Å². The van der Waals surface area contributed by atoms with Gasteiger partial charge in [0.15, 0.2) is 17.3 Å². The molecule has 224 valence electrons. The Morgan fingerprint density at radius 1 is 1.02 bits per heavy atom. The average molecular weight is 719 g/mol. The van der Waals surface area contributed by atoms with Gasteiger partial charge in [-0.3, -0.25) is 4.79 Å². The number of methoxy groups -OCH3 is 1. The second kappa shape index (κ2) is 12.5. The van der Waals surface area contributed by atoms with Gasteiger partial charge in [0.25, 0.3) is 5.56 Å². The Morgan fingerprint density at radius 3 is 2.52 bits per heavy atom. The predicted octanol–water partition coefficient (Wildman–Crippen LogP) is 8.22. The number of nitrogens with zero attached hydrogens (tertiary/aromatic N) is 3. The molecule has 5 aromatic rings. The van der Waals surface area contributed by atoms with Gasteiger partial charge in [-0.05, 0) is 115 Å². The van der Waals surface area contributed by atoms with Crippen LogP contribution in [0.1, 0.15) is 42.0 Å². The Labute approximate surface area is 271 Å². The van der Waals surface area contributed by atoms with Gasteiger partial charge >= 0.3 is 0 Å². The normalized spacial score (nSPS) is 12.4. The van der Waals surface area contributed by atoms with Crippen molar-refractivity contribution in [2.24, 2.45) is 5.10 Å². The van der Waals surface area contributed by atoms with Crippen molar-refractivity contribution in [2.75, 3.05) is 13.9 Å². The molecule has 6 rings (SSSR count). The molecule has 0 radical (unpaired) electrons. The number of hydrogen-bond acceptors (Lipinski definition) is 7. The Kier molecular flexibility index (Phi) is 8.46. The standard InChI is InChI=1S/C34H29Br2N3O5/c1-19(2)24-15-25(20(3)11-30(24)41-4)33-38-28-8-6-5-7-23(28)34(40)39(33)37-16-22-12-26(35)32(27(36)13-22)42-17-21-9-10-29-31(14-21)44-18-43-29/h5-16,19H,17-18H2,1-4H3. The van der Waals surface area contributed by atoms with Crippen molar-refractivity contribution in [3.05, 3.63) is 108 Å². The first-order chi connectivity index (χ1) is 21.2. The summed E-state index contributed by atoms with van der Waals surface area (Å²) in [6, 6.07) is 20.8. The topological polar surface area (TPSA) is 84.2 Å². The fraction of sp³-hybridized carbons (Fsp3) is 0.206. The molecule has 0 fully saturated rings. The first kappa shape index (κ1) is 29.9. The fourth-order valence-electron chi connectivity index (χ4n) is 5.07. The minimum Gasteiger partial charge on any atom is -0.496 e. The second-order valence-electron chi connectivity index (χ2n) is 10.7. The molecule has 44 heavy (non-hydrogen) atoms. The number of fused-ring (bicyclic) bond motifs is 2. The molecule has 0 N–H and O–H groups in total. The number of benzene rings is 4. The summed E-state index contributed by atoms with van der Waals surface area (Å²) < 4.78 is 25.5. The number of para-hydroxylation sites is 1. The van der Waals surface area contributed by atoms with Gasteiger partial charge in [-0.1, -0.05) is 32.0 Å². The van der Waals surface area contributed by atoms with Crippen molar-refractivity contribution in [1.82, 2.24) is 9.66 Å². The summed E-state index contributed by atoms with van der Waals surface area (Å²) in [5.74, 6) is 3.53. The molecule has 1 aliphatic heterocycles. The molecule has 8 nitrogen and oxygen atoms in total. The van der Waals surface area contributed by atoms with E-state index in [0.717, 1.165) is 48.3 Å². The van der Waals surface area contributed by atoms with Crippen molar-refractivity contribution >= 4 is 49.0 Å². The van der Waals surface area contributed by atoms with Gasteiger partial charge in [-0.25, -0.2) is 4.98 Å². The molecule has 2 heterocycles. The van der Waals surface area contributed by atoms with Crippen LogP contribution in [0.25, 0.3) is 22.3 Å². The number of ether oxygens (including phenoxy) is 4. The van der Waals surface area contributed by atoms with Crippen LogP contribution in [0, 0.1) is 6.92 Å². The van der Waals surface area contributed by atoms with Crippen LogP contribution in [-0.2, 0) is 6.61 Å². The summed E-state index contributed by atoms with van der Waals surface area (Å²) in [7, 11) is 1.67. The summed E-state index contributed by atoms with van der Waals surface area (Å²) >= 11 is 7.27. The summed E-state index contributed by atoms with van der Waals surface area (Å²) in [5, 5.41) is 5.16. The van der Waals surface area contributed by atoms with Crippen LogP contribution in [0.4, 0.5) is 0 Å². The Morgan fingerprint density at radius 2 is 1.77 bits per heavy atom. The largest absolute Gasteiger partial charge is 0.496 e. The van der Waals surface area contributed by atoms with E-state index in [4.69, 9.17) is 23.9 Å². The summed E-state index contributed by atoms with van der Waals surface area (Å²) in [6.45, 7) is 6.75. The van der Waals surface area contributed by atoms with Gasteiger partial charge in [-0.15, -0.1) is 0 Å². The van der Waals surface area contributed by atoms with E-state index >= 15 is 0 Å². The average Bonchev–Trinajstić information content (AvgIpc) is 3.48. The van der Waals surface area contributed by atoms with E-state index in [0.29, 0.717) is 34.8 Å². The Bertz CT molecular complexity index is 1960. The number of rotatable bonds is 8. The molecule has 1 aliphatic rings. The highest BCUT2D eigenvalue weighted by Gasteiger charge is 2.19. The lowest BCUT2D eigenvalue weighted by Gasteiger charge is -2.17. The molecular formula is C34H29Br2N3O5. The van der Waals surface area contributed by atoms with Crippen LogP contribution in [-0.4, -0.2) is 29.8 Å². The van der Waals surface area contributed by atoms with E-state index < -0.39 is 0 Å². The van der Waals surface area contributed by atoms with E-state index in [1.807, 2.05) is 67.6 Å². The zero-order valence-corrected chi connectivity index (χ0v) is 27.7. The van der Waals surface area contributed by atoms with Gasteiger partial charge in [-0.2, -0.15) is 9.78 Å². The van der Waals surface area contributed by atoms with Crippen LogP contribution in [0.5, 0.6) is 23.0 Å². The third-order valence-electron chi connectivity index (χ3n) is 7.36. The molecule has 10 heteroatoms. The van der Waals surface area contributed by atoms with Crippen molar-refractivity contribution in [1.29, 1.82) is 0 Å². The molecule has 0 spiro atoms. The smallest absolute Gasteiger partial charge is 0.282 e. The molecule has 0 bridgehead atoms. The molecule has 1 aromatic heterocycles. The lowest BCUT2D eigenvalue weighted by molar-refractivity contribution is 0.174. The molecule has 4 aromatic carbocycles. The molecule has 0 aliphatic carbocycles. The number of aromatic nitrogens is 2. The maximum Gasteiger partial charge on any atom is 0.282 e. The van der Waals surface area contributed by atoms with Gasteiger partial charge < -0.3 is 18.9 Å². The SMILES string of the molecule is COc1cc(C)c(-c2nc3ccccc3c(=O)n2N=Cc2cc(Br)c(OCc3ccc4c(c3)OCO4)c(Br)c2)cc1C(C)C. The predicted molar refractivity (Wildman–Crippen MR) is 179 cm³/mol. The highest BCUT2D eigenvalue weighted by molar-refractivity contribution is 9.11. The first-order valence-corrected chi connectivity index (χ1v) is 15.6. The van der Waals surface area contributed by atoms with E-state index in [9.17, 15) is 4.79 Å². The van der Waals surface area contributed by atoms with Crippen LogP contribution in [0.2, 0.25) is 0 Å². The van der Waals surface area contributed by atoms with Crippen molar-refractivity contribution in [3.63, 3.8) is 0 Å². The lowest BCUT2D eigenvalue weighted by atomic mass is 9.96. The highest BCUT2D eigenvalue weighted by Crippen LogP contribution is 2.37. The van der Waals surface area contributed by atoms with Gasteiger partial charge in [0, 0.05) is 5.56 Å². The zero-order valence-electron chi connectivity index (χ0n) is 24.6. The Hall–Kier alpha value is -4.15. The first-order valence-electron chi connectivity index (χ1n) is 14.0. The third-order valence-corrected chi connectivity index (χ3v) is 8.53. The zero-order chi connectivity index (χ0) is 31.0. The fourth-order valence-corrected chi connectivity index (χ4v) is 6.53. The molecule has 0 amide bonds. The molecule has 0 saturated heterocycles. The molecule has 0 atom stereocenters. The molecular weight excluding hydrogens is 690 g/mol. The molecule has 0 saturated carbocycles. The third kappa shape index (κ3) is 5.84.